The van der Waals surface area contributed by atoms with Gasteiger partial charge in [-0.2, -0.15) is 0 Å². The van der Waals surface area contributed by atoms with E-state index >= 15 is 0 Å². The highest BCUT2D eigenvalue weighted by atomic mass is 16.5. The number of rotatable bonds is 1. The van der Waals surface area contributed by atoms with Gasteiger partial charge in [-0.25, -0.2) is 0 Å². The Bertz CT molecular complexity index is 508. The number of hydrogen-bond donors (Lipinski definition) is 0. The van der Waals surface area contributed by atoms with Gasteiger partial charge in [-0.05, 0) is 13.0 Å². The first kappa shape index (κ1) is 8.98. The van der Waals surface area contributed by atoms with Crippen LogP contribution in [0.5, 0.6) is 0 Å². The molecule has 2 nitrogen and oxygen atoms in total. The molecular formula is C13H15NO. The molecule has 1 aliphatic heterocycles. The highest BCUT2D eigenvalue weighted by Gasteiger charge is 2.37. The van der Waals surface area contributed by atoms with Crippen LogP contribution in [0.15, 0.2) is 30.5 Å². The quantitative estimate of drug-likeness (QED) is 0.692. The molecule has 2 heteroatoms. The minimum absolute atomic E-state index is 0.0547. The van der Waals surface area contributed by atoms with Gasteiger partial charge in [-0.15, -0.1) is 0 Å². The molecule has 1 saturated heterocycles. The molecule has 0 radical (unpaired) electrons. The van der Waals surface area contributed by atoms with E-state index in [2.05, 4.69) is 49.0 Å². The maximum atomic E-state index is 5.71. The minimum Gasteiger partial charge on any atom is -0.370 e. The van der Waals surface area contributed by atoms with Crippen molar-refractivity contribution in [2.75, 3.05) is 6.61 Å². The predicted molar refractivity (Wildman–Crippen MR) is 60.8 cm³/mol. The van der Waals surface area contributed by atoms with Crippen LogP contribution in [-0.4, -0.2) is 11.2 Å². The van der Waals surface area contributed by atoms with Gasteiger partial charge in [0.1, 0.15) is 0 Å². The summed E-state index contributed by atoms with van der Waals surface area (Å²) in [4.78, 5) is 0. The third kappa shape index (κ3) is 1.15. The zero-order chi connectivity index (χ0) is 10.5. The Morgan fingerprint density at radius 2 is 2.07 bits per heavy atom. The molecule has 1 atom stereocenters. The van der Waals surface area contributed by atoms with E-state index in [-0.39, 0.29) is 5.60 Å². The third-order valence-electron chi connectivity index (χ3n) is 3.47. The van der Waals surface area contributed by atoms with Crippen molar-refractivity contribution in [1.82, 2.24) is 4.57 Å². The summed E-state index contributed by atoms with van der Waals surface area (Å²) in [6.07, 6.45) is 3.32. The largest absolute Gasteiger partial charge is 0.370 e. The summed E-state index contributed by atoms with van der Waals surface area (Å²) in [6.45, 7) is 3.07. The molecule has 1 unspecified atom stereocenters. The van der Waals surface area contributed by atoms with Crippen molar-refractivity contribution >= 4 is 10.9 Å². The Morgan fingerprint density at radius 1 is 1.33 bits per heavy atom. The summed E-state index contributed by atoms with van der Waals surface area (Å²) in [6, 6.07) is 8.50. The standard InChI is InChI=1S/C13H15NO/c1-13(7-8-15-13)11-9-14(2)12-6-4-3-5-10(11)12/h3-6,9H,7-8H2,1-2H3. The molecule has 2 aromatic rings. The van der Waals surface area contributed by atoms with Crippen LogP contribution in [0.3, 0.4) is 0 Å². The normalized spacial score (nSPS) is 25.5. The van der Waals surface area contributed by atoms with Crippen molar-refractivity contribution in [2.45, 2.75) is 18.9 Å². The SMILES string of the molecule is Cn1cc(C2(C)CCO2)c2ccccc21. The van der Waals surface area contributed by atoms with Gasteiger partial charge in [-0.3, -0.25) is 0 Å². The number of aromatic nitrogens is 1. The summed E-state index contributed by atoms with van der Waals surface area (Å²) in [5.74, 6) is 0. The first-order valence-electron chi connectivity index (χ1n) is 5.39. The molecule has 0 N–H and O–H groups in total. The topological polar surface area (TPSA) is 14.2 Å². The summed E-state index contributed by atoms with van der Waals surface area (Å²) in [5, 5.41) is 1.32. The van der Waals surface area contributed by atoms with Crippen LogP contribution in [0.1, 0.15) is 18.9 Å². The van der Waals surface area contributed by atoms with Gasteiger partial charge in [-0.1, -0.05) is 18.2 Å². The molecule has 1 fully saturated rings. The first-order chi connectivity index (χ1) is 7.21. The van der Waals surface area contributed by atoms with Crippen molar-refractivity contribution in [3.05, 3.63) is 36.0 Å². The summed E-state index contributed by atoms with van der Waals surface area (Å²) in [7, 11) is 2.09. The smallest absolute Gasteiger partial charge is 0.0945 e. The van der Waals surface area contributed by atoms with Gasteiger partial charge in [0.25, 0.3) is 0 Å². The Morgan fingerprint density at radius 3 is 2.73 bits per heavy atom. The van der Waals surface area contributed by atoms with Gasteiger partial charge >= 0.3 is 0 Å². The van der Waals surface area contributed by atoms with E-state index < -0.39 is 0 Å². The minimum atomic E-state index is -0.0547. The van der Waals surface area contributed by atoms with Crippen molar-refractivity contribution in [1.29, 1.82) is 0 Å². The van der Waals surface area contributed by atoms with Crippen LogP contribution in [0.4, 0.5) is 0 Å². The highest BCUT2D eigenvalue weighted by Crippen LogP contribution is 2.40. The van der Waals surface area contributed by atoms with Gasteiger partial charge in [0.2, 0.25) is 0 Å². The van der Waals surface area contributed by atoms with Gasteiger partial charge < -0.3 is 9.30 Å². The van der Waals surface area contributed by atoms with E-state index in [9.17, 15) is 0 Å². The maximum Gasteiger partial charge on any atom is 0.0945 e. The number of nitrogens with zero attached hydrogens (tertiary/aromatic N) is 1. The molecule has 0 aliphatic carbocycles. The zero-order valence-electron chi connectivity index (χ0n) is 9.16. The van der Waals surface area contributed by atoms with E-state index in [1.54, 1.807) is 0 Å². The number of ether oxygens (including phenoxy) is 1. The summed E-state index contributed by atoms with van der Waals surface area (Å²) in [5.41, 5.74) is 2.55. The van der Waals surface area contributed by atoms with Crippen molar-refractivity contribution < 1.29 is 4.74 Å². The van der Waals surface area contributed by atoms with E-state index in [0.717, 1.165) is 13.0 Å². The number of para-hydroxylation sites is 1. The molecule has 78 valence electrons. The number of aryl methyl sites for hydroxylation is 1. The van der Waals surface area contributed by atoms with Crippen LogP contribution >= 0.6 is 0 Å². The molecule has 1 aromatic carbocycles. The molecule has 1 aromatic heterocycles. The van der Waals surface area contributed by atoms with Crippen LogP contribution in [0, 0.1) is 0 Å². The molecule has 2 heterocycles. The fraction of sp³-hybridized carbons (Fsp3) is 0.385. The lowest BCUT2D eigenvalue weighted by Gasteiger charge is -2.38. The molecule has 0 saturated carbocycles. The molecule has 3 rings (SSSR count). The van der Waals surface area contributed by atoms with Gasteiger partial charge in [0.05, 0.1) is 12.2 Å². The molecule has 15 heavy (non-hydrogen) atoms. The van der Waals surface area contributed by atoms with Gasteiger partial charge in [0, 0.05) is 36.1 Å². The maximum absolute atomic E-state index is 5.71. The van der Waals surface area contributed by atoms with E-state index in [0.29, 0.717) is 0 Å². The first-order valence-corrected chi connectivity index (χ1v) is 5.39. The molecule has 0 amide bonds. The molecule has 1 aliphatic rings. The Labute approximate surface area is 89.5 Å². The fourth-order valence-electron chi connectivity index (χ4n) is 2.38. The van der Waals surface area contributed by atoms with Crippen molar-refractivity contribution in [2.24, 2.45) is 7.05 Å². The van der Waals surface area contributed by atoms with E-state index in [1.165, 1.54) is 16.5 Å². The van der Waals surface area contributed by atoms with Crippen LogP contribution in [0.25, 0.3) is 10.9 Å². The summed E-state index contributed by atoms with van der Waals surface area (Å²) >= 11 is 0. The number of benzene rings is 1. The van der Waals surface area contributed by atoms with Crippen LogP contribution in [-0.2, 0) is 17.4 Å². The Kier molecular flexibility index (Phi) is 1.71. The Balaban J connectivity index is 2.27. The summed E-state index contributed by atoms with van der Waals surface area (Å²) < 4.78 is 7.89. The lowest BCUT2D eigenvalue weighted by molar-refractivity contribution is -0.139. The van der Waals surface area contributed by atoms with Crippen molar-refractivity contribution in [3.8, 4) is 0 Å². The van der Waals surface area contributed by atoms with Gasteiger partial charge in [0.15, 0.2) is 0 Å². The highest BCUT2D eigenvalue weighted by molar-refractivity contribution is 5.84. The van der Waals surface area contributed by atoms with Crippen LogP contribution in [0.2, 0.25) is 0 Å². The third-order valence-corrected chi connectivity index (χ3v) is 3.47. The van der Waals surface area contributed by atoms with Crippen molar-refractivity contribution in [3.63, 3.8) is 0 Å². The monoisotopic (exact) mass is 201 g/mol. The average Bonchev–Trinajstić information content (AvgIpc) is 2.54. The van der Waals surface area contributed by atoms with E-state index in [1.807, 2.05) is 0 Å². The van der Waals surface area contributed by atoms with E-state index in [4.69, 9.17) is 4.74 Å². The second-order valence-corrected chi connectivity index (χ2v) is 4.50. The molecule has 0 spiro atoms. The average molecular weight is 201 g/mol. The molecule has 0 bridgehead atoms. The molecular weight excluding hydrogens is 186 g/mol. The zero-order valence-corrected chi connectivity index (χ0v) is 9.16. The lowest BCUT2D eigenvalue weighted by atomic mass is 9.88. The predicted octanol–water partition coefficient (Wildman–Crippen LogP) is 2.81. The number of hydrogen-bond acceptors (Lipinski definition) is 1. The Hall–Kier alpha value is -1.28. The second kappa shape index (κ2) is 2.86. The number of fused-ring (bicyclic) bond motifs is 1. The fourth-order valence-corrected chi connectivity index (χ4v) is 2.38. The second-order valence-electron chi connectivity index (χ2n) is 4.50. The van der Waals surface area contributed by atoms with Crippen LogP contribution < -0.4 is 0 Å². The lowest BCUT2D eigenvalue weighted by Crippen LogP contribution is -2.37.